The van der Waals surface area contributed by atoms with E-state index in [0.717, 1.165) is 31.5 Å². The third-order valence-corrected chi connectivity index (χ3v) is 6.39. The molecule has 2 fully saturated rings. The van der Waals surface area contributed by atoms with Gasteiger partial charge in [-0.05, 0) is 36.5 Å². The van der Waals surface area contributed by atoms with Crippen molar-refractivity contribution in [3.63, 3.8) is 0 Å². The van der Waals surface area contributed by atoms with E-state index in [9.17, 15) is 18.0 Å². The number of hydrogen-bond acceptors (Lipinski definition) is 4. The molecule has 2 aliphatic rings. The Morgan fingerprint density at radius 3 is 2.34 bits per heavy atom. The summed E-state index contributed by atoms with van der Waals surface area (Å²) in [5.74, 6) is 0.284. The molecule has 9 heteroatoms. The second kappa shape index (κ2) is 9.13. The van der Waals surface area contributed by atoms with Crippen molar-refractivity contribution in [3.8, 4) is 0 Å². The van der Waals surface area contributed by atoms with Crippen LogP contribution >= 0.6 is 0 Å². The van der Waals surface area contributed by atoms with Crippen molar-refractivity contribution in [1.82, 2.24) is 19.6 Å². The van der Waals surface area contributed by atoms with Crippen molar-refractivity contribution in [1.29, 1.82) is 0 Å². The molecular formula is C23H30F3N5O. The van der Waals surface area contributed by atoms with Gasteiger partial charge < -0.3 is 9.80 Å². The smallest absolute Gasteiger partial charge is 0.371 e. The maximum atomic E-state index is 13.8. The highest BCUT2D eigenvalue weighted by molar-refractivity contribution is 5.76. The molecule has 6 nitrogen and oxygen atoms in total. The third-order valence-electron chi connectivity index (χ3n) is 6.39. The standard InChI is InChI=1S/C23H30F3N5O/c1-17(2)18-14-27-31(15-18)22(32)30-12-10-28(11-13-30)16-19-20(23(24,25)26)6-5-7-21(19)29-8-3-4-9-29/h5-7,14-15,17H,3-4,8-13,16H2,1-2H3. The number of nitrogens with zero attached hydrogens (tertiary/aromatic N) is 5. The number of amides is 1. The Kier molecular flexibility index (Phi) is 6.46. The minimum Gasteiger partial charge on any atom is -0.371 e. The molecule has 1 amide bonds. The first-order chi connectivity index (χ1) is 15.2. The van der Waals surface area contributed by atoms with E-state index in [1.165, 1.54) is 16.8 Å². The van der Waals surface area contributed by atoms with Crippen molar-refractivity contribution in [2.24, 2.45) is 0 Å². The second-order valence-electron chi connectivity index (χ2n) is 8.91. The number of anilines is 1. The number of carbonyl (C=O) groups excluding carboxylic acids is 1. The first-order valence-corrected chi connectivity index (χ1v) is 11.2. The lowest BCUT2D eigenvalue weighted by molar-refractivity contribution is -0.138. The Labute approximate surface area is 186 Å². The Morgan fingerprint density at radius 1 is 1.06 bits per heavy atom. The fourth-order valence-corrected chi connectivity index (χ4v) is 4.47. The minimum absolute atomic E-state index is 0.190. The third kappa shape index (κ3) is 4.77. The number of rotatable bonds is 4. The number of benzene rings is 1. The molecule has 0 unspecified atom stereocenters. The molecule has 32 heavy (non-hydrogen) atoms. The molecule has 0 aliphatic carbocycles. The summed E-state index contributed by atoms with van der Waals surface area (Å²) in [7, 11) is 0. The van der Waals surface area contributed by atoms with E-state index in [1.807, 2.05) is 18.7 Å². The Hall–Kier alpha value is -2.55. The number of halogens is 3. The van der Waals surface area contributed by atoms with Gasteiger partial charge in [-0.25, -0.2) is 4.79 Å². The largest absolute Gasteiger partial charge is 0.416 e. The monoisotopic (exact) mass is 449 g/mol. The average molecular weight is 450 g/mol. The highest BCUT2D eigenvalue weighted by Gasteiger charge is 2.36. The first-order valence-electron chi connectivity index (χ1n) is 11.2. The fraction of sp³-hybridized carbons (Fsp3) is 0.565. The average Bonchev–Trinajstić information content (AvgIpc) is 3.46. The van der Waals surface area contributed by atoms with Crippen LogP contribution in [0.15, 0.2) is 30.6 Å². The van der Waals surface area contributed by atoms with Gasteiger partial charge in [0.2, 0.25) is 0 Å². The molecule has 2 saturated heterocycles. The number of alkyl halides is 3. The number of aromatic nitrogens is 2. The van der Waals surface area contributed by atoms with E-state index in [0.29, 0.717) is 37.4 Å². The van der Waals surface area contributed by atoms with E-state index in [4.69, 9.17) is 0 Å². The van der Waals surface area contributed by atoms with Gasteiger partial charge in [-0.2, -0.15) is 23.0 Å². The summed E-state index contributed by atoms with van der Waals surface area (Å²) in [4.78, 5) is 18.6. The predicted molar refractivity (Wildman–Crippen MR) is 117 cm³/mol. The molecule has 1 aromatic carbocycles. The van der Waals surface area contributed by atoms with E-state index in [-0.39, 0.29) is 18.5 Å². The molecule has 2 aliphatic heterocycles. The molecule has 0 radical (unpaired) electrons. The summed E-state index contributed by atoms with van der Waals surface area (Å²) in [5.41, 5.74) is 1.47. The maximum Gasteiger partial charge on any atom is 0.416 e. The molecule has 0 spiro atoms. The molecular weight excluding hydrogens is 419 g/mol. The van der Waals surface area contributed by atoms with Gasteiger partial charge in [-0.3, -0.25) is 4.90 Å². The Bertz CT molecular complexity index is 941. The maximum absolute atomic E-state index is 13.8. The topological polar surface area (TPSA) is 44.6 Å². The van der Waals surface area contributed by atoms with Crippen molar-refractivity contribution >= 4 is 11.7 Å². The van der Waals surface area contributed by atoms with Crippen LogP contribution in [0.5, 0.6) is 0 Å². The van der Waals surface area contributed by atoms with Gasteiger partial charge in [0.25, 0.3) is 0 Å². The van der Waals surface area contributed by atoms with Crippen LogP contribution in [0.3, 0.4) is 0 Å². The van der Waals surface area contributed by atoms with Crippen LogP contribution in [0.1, 0.15) is 49.3 Å². The van der Waals surface area contributed by atoms with Crippen LogP contribution < -0.4 is 4.90 Å². The van der Waals surface area contributed by atoms with E-state index >= 15 is 0 Å². The normalized spacial score (nSPS) is 18.1. The Balaban J connectivity index is 1.46. The first kappa shape index (κ1) is 22.6. The van der Waals surface area contributed by atoms with E-state index in [1.54, 1.807) is 23.4 Å². The molecule has 0 bridgehead atoms. The van der Waals surface area contributed by atoms with Gasteiger partial charge in [0.05, 0.1) is 11.8 Å². The summed E-state index contributed by atoms with van der Waals surface area (Å²) >= 11 is 0. The molecule has 0 atom stereocenters. The van der Waals surface area contributed by atoms with Crippen LogP contribution in [-0.2, 0) is 12.7 Å². The van der Waals surface area contributed by atoms with E-state index in [2.05, 4.69) is 10.00 Å². The lowest BCUT2D eigenvalue weighted by atomic mass is 10.0. The zero-order chi connectivity index (χ0) is 22.9. The van der Waals surface area contributed by atoms with Gasteiger partial charge >= 0.3 is 12.2 Å². The molecule has 174 valence electrons. The van der Waals surface area contributed by atoms with Gasteiger partial charge in [-0.15, -0.1) is 0 Å². The minimum atomic E-state index is -4.39. The number of hydrogen-bond donors (Lipinski definition) is 0. The molecule has 0 N–H and O–H groups in total. The van der Waals surface area contributed by atoms with Crippen molar-refractivity contribution < 1.29 is 18.0 Å². The number of carbonyl (C=O) groups is 1. The van der Waals surface area contributed by atoms with Crippen LogP contribution in [0.4, 0.5) is 23.7 Å². The van der Waals surface area contributed by atoms with Crippen molar-refractivity contribution in [2.45, 2.75) is 45.3 Å². The van der Waals surface area contributed by atoms with Crippen LogP contribution in [-0.4, -0.2) is 64.9 Å². The quantitative estimate of drug-likeness (QED) is 0.694. The number of piperazine rings is 1. The van der Waals surface area contributed by atoms with Gasteiger partial charge in [0, 0.05) is 63.3 Å². The van der Waals surface area contributed by atoms with Gasteiger partial charge in [-0.1, -0.05) is 19.9 Å². The molecule has 3 heterocycles. The predicted octanol–water partition coefficient (Wildman–Crippen LogP) is 4.41. The SMILES string of the molecule is CC(C)c1cnn(C(=O)N2CCN(Cc3c(N4CCCC4)cccc3C(F)(F)F)CC2)c1. The van der Waals surface area contributed by atoms with Crippen LogP contribution in [0.25, 0.3) is 0 Å². The highest BCUT2D eigenvalue weighted by Crippen LogP contribution is 2.38. The highest BCUT2D eigenvalue weighted by atomic mass is 19.4. The van der Waals surface area contributed by atoms with E-state index < -0.39 is 11.7 Å². The second-order valence-corrected chi connectivity index (χ2v) is 8.91. The van der Waals surface area contributed by atoms with Crippen LogP contribution in [0, 0.1) is 0 Å². The van der Waals surface area contributed by atoms with Gasteiger partial charge in [0.15, 0.2) is 0 Å². The summed E-state index contributed by atoms with van der Waals surface area (Å²) in [5, 5.41) is 4.17. The molecule has 0 saturated carbocycles. The lowest BCUT2D eigenvalue weighted by Crippen LogP contribution is -2.49. The summed E-state index contributed by atoms with van der Waals surface area (Å²) in [6.45, 7) is 7.86. The van der Waals surface area contributed by atoms with Crippen molar-refractivity contribution in [2.75, 3.05) is 44.2 Å². The fourth-order valence-electron chi connectivity index (χ4n) is 4.47. The summed E-state index contributed by atoms with van der Waals surface area (Å²) < 4.78 is 42.7. The lowest BCUT2D eigenvalue weighted by Gasteiger charge is -2.35. The zero-order valence-corrected chi connectivity index (χ0v) is 18.6. The summed E-state index contributed by atoms with van der Waals surface area (Å²) in [6.07, 6.45) is 1.07. The van der Waals surface area contributed by atoms with Crippen molar-refractivity contribution in [3.05, 3.63) is 47.3 Å². The van der Waals surface area contributed by atoms with Gasteiger partial charge in [0.1, 0.15) is 0 Å². The zero-order valence-electron chi connectivity index (χ0n) is 18.6. The molecule has 4 rings (SSSR count). The molecule has 1 aromatic heterocycles. The Morgan fingerprint density at radius 2 is 1.75 bits per heavy atom. The summed E-state index contributed by atoms with van der Waals surface area (Å²) in [6, 6.07) is 4.30. The van der Waals surface area contributed by atoms with Crippen LogP contribution in [0.2, 0.25) is 0 Å². The molecule has 2 aromatic rings.